The van der Waals surface area contributed by atoms with Crippen LogP contribution in [-0.2, 0) is 0 Å². The quantitative estimate of drug-likeness (QED) is 0.878. The molecule has 0 fully saturated rings. The van der Waals surface area contributed by atoms with Crippen LogP contribution >= 0.6 is 11.6 Å². The fraction of sp³-hybridized carbons (Fsp3) is 0.500. The van der Waals surface area contributed by atoms with E-state index in [-0.39, 0.29) is 18.1 Å². The Labute approximate surface area is 113 Å². The molecule has 1 aromatic carbocycles. The smallest absolute Gasteiger partial charge is 0.101 e. The van der Waals surface area contributed by atoms with Crippen molar-refractivity contribution in [2.75, 3.05) is 11.9 Å². The molecule has 3 nitrogen and oxygen atoms in total. The summed E-state index contributed by atoms with van der Waals surface area (Å²) in [7, 11) is 0. The second-order valence-corrected chi connectivity index (χ2v) is 5.81. The van der Waals surface area contributed by atoms with Gasteiger partial charge in [-0.1, -0.05) is 32.4 Å². The summed E-state index contributed by atoms with van der Waals surface area (Å²) in [6.07, 6.45) is 0.626. The third-order valence-corrected chi connectivity index (χ3v) is 3.13. The number of rotatable bonds is 4. The van der Waals surface area contributed by atoms with E-state index in [0.717, 1.165) is 5.69 Å². The molecule has 0 radical (unpaired) electrons. The van der Waals surface area contributed by atoms with Crippen molar-refractivity contribution in [3.63, 3.8) is 0 Å². The van der Waals surface area contributed by atoms with Crippen molar-refractivity contribution in [3.8, 4) is 6.07 Å². The number of aliphatic hydroxyl groups is 1. The van der Waals surface area contributed by atoms with Crippen molar-refractivity contribution in [3.05, 3.63) is 28.8 Å². The Bertz CT molecular complexity index is 446. The van der Waals surface area contributed by atoms with E-state index in [9.17, 15) is 0 Å². The van der Waals surface area contributed by atoms with Crippen molar-refractivity contribution in [2.24, 2.45) is 5.41 Å². The number of nitrogens with zero attached hydrogens (tertiary/aromatic N) is 1. The molecule has 98 valence electrons. The number of nitrogens with one attached hydrogen (secondary N) is 1. The summed E-state index contributed by atoms with van der Waals surface area (Å²) in [5.41, 5.74) is 1.27. The second kappa shape index (κ2) is 6.08. The lowest BCUT2D eigenvalue weighted by atomic mass is 9.84. The molecule has 2 N–H and O–H groups in total. The third kappa shape index (κ3) is 3.90. The van der Waals surface area contributed by atoms with Crippen LogP contribution in [0.25, 0.3) is 0 Å². The van der Waals surface area contributed by atoms with E-state index in [4.69, 9.17) is 22.0 Å². The predicted molar refractivity (Wildman–Crippen MR) is 74.7 cm³/mol. The first-order chi connectivity index (χ1) is 8.38. The summed E-state index contributed by atoms with van der Waals surface area (Å²) >= 11 is 5.95. The van der Waals surface area contributed by atoms with Gasteiger partial charge in [-0.3, -0.25) is 0 Å². The Balaban J connectivity index is 3.00. The van der Waals surface area contributed by atoms with Crippen LogP contribution < -0.4 is 5.32 Å². The van der Waals surface area contributed by atoms with Gasteiger partial charge in [-0.15, -0.1) is 0 Å². The number of nitriles is 1. The van der Waals surface area contributed by atoms with Crippen LogP contribution in [0.5, 0.6) is 0 Å². The van der Waals surface area contributed by atoms with Gasteiger partial charge in [0.2, 0.25) is 0 Å². The number of halogens is 1. The molecule has 0 saturated heterocycles. The van der Waals surface area contributed by atoms with E-state index in [0.29, 0.717) is 17.0 Å². The summed E-state index contributed by atoms with van der Waals surface area (Å²) in [4.78, 5) is 0. The van der Waals surface area contributed by atoms with Gasteiger partial charge in [0.15, 0.2) is 0 Å². The molecular formula is C14H19ClN2O. The van der Waals surface area contributed by atoms with Crippen molar-refractivity contribution < 1.29 is 5.11 Å². The van der Waals surface area contributed by atoms with E-state index in [2.05, 4.69) is 32.2 Å². The number of anilines is 1. The zero-order valence-corrected chi connectivity index (χ0v) is 11.8. The molecule has 0 aliphatic heterocycles. The average molecular weight is 267 g/mol. The van der Waals surface area contributed by atoms with Crippen LogP contribution in [0.4, 0.5) is 5.69 Å². The molecule has 0 amide bonds. The molecule has 0 spiro atoms. The molecule has 1 rings (SSSR count). The minimum atomic E-state index is -0.0161. The highest BCUT2D eigenvalue weighted by atomic mass is 35.5. The molecule has 0 bridgehead atoms. The zero-order valence-electron chi connectivity index (χ0n) is 11.0. The number of aliphatic hydroxyl groups excluding tert-OH is 1. The molecule has 1 atom stereocenters. The van der Waals surface area contributed by atoms with E-state index in [1.807, 2.05) is 0 Å². The van der Waals surface area contributed by atoms with Crippen molar-refractivity contribution >= 4 is 17.3 Å². The maximum atomic E-state index is 9.13. The molecular weight excluding hydrogens is 248 g/mol. The number of benzene rings is 1. The average Bonchev–Trinajstić information content (AvgIpc) is 2.27. The molecule has 1 aromatic rings. The number of hydrogen-bond donors (Lipinski definition) is 2. The molecule has 0 heterocycles. The van der Waals surface area contributed by atoms with E-state index >= 15 is 0 Å². The first-order valence-electron chi connectivity index (χ1n) is 5.95. The van der Waals surface area contributed by atoms with Gasteiger partial charge in [-0.25, -0.2) is 0 Å². The summed E-state index contributed by atoms with van der Waals surface area (Å²) in [5, 5.41) is 22.1. The minimum absolute atomic E-state index is 0.0161. The van der Waals surface area contributed by atoms with Crippen LogP contribution in [-0.4, -0.2) is 17.8 Å². The van der Waals surface area contributed by atoms with Crippen molar-refractivity contribution in [2.45, 2.75) is 33.2 Å². The van der Waals surface area contributed by atoms with Gasteiger partial charge in [-0.2, -0.15) is 5.26 Å². The molecule has 18 heavy (non-hydrogen) atoms. The Kier molecular flexibility index (Phi) is 5.01. The van der Waals surface area contributed by atoms with Gasteiger partial charge in [0.05, 0.1) is 11.3 Å². The standard InChI is InChI=1S/C14H19ClN2O/c1-14(2,3)13(6-7-18)17-12-8-11(15)5-4-10(12)9-16/h4-5,8,13,17-18H,6-7H2,1-3H3. The highest BCUT2D eigenvalue weighted by molar-refractivity contribution is 6.30. The molecule has 0 aromatic heterocycles. The minimum Gasteiger partial charge on any atom is -0.396 e. The molecule has 0 aliphatic carbocycles. The van der Waals surface area contributed by atoms with Crippen LogP contribution in [0.2, 0.25) is 5.02 Å². The van der Waals surface area contributed by atoms with Crippen LogP contribution in [0.1, 0.15) is 32.8 Å². The molecule has 4 heteroatoms. The van der Waals surface area contributed by atoms with Crippen LogP contribution in [0.15, 0.2) is 18.2 Å². The van der Waals surface area contributed by atoms with E-state index < -0.39 is 0 Å². The maximum absolute atomic E-state index is 9.13. The monoisotopic (exact) mass is 266 g/mol. The maximum Gasteiger partial charge on any atom is 0.101 e. The first-order valence-corrected chi connectivity index (χ1v) is 6.33. The topological polar surface area (TPSA) is 56.0 Å². The molecule has 0 aliphatic rings. The summed E-state index contributed by atoms with van der Waals surface area (Å²) in [6.45, 7) is 6.39. The molecule has 1 unspecified atom stereocenters. The van der Waals surface area contributed by atoms with E-state index in [1.54, 1.807) is 18.2 Å². The largest absolute Gasteiger partial charge is 0.396 e. The summed E-state index contributed by atoms with van der Waals surface area (Å²) in [5.74, 6) is 0. The van der Waals surface area contributed by atoms with Crippen molar-refractivity contribution in [1.82, 2.24) is 0 Å². The predicted octanol–water partition coefficient (Wildman–Crippen LogP) is 3.42. The second-order valence-electron chi connectivity index (χ2n) is 5.38. The highest BCUT2D eigenvalue weighted by Crippen LogP contribution is 2.28. The van der Waals surface area contributed by atoms with Gasteiger partial charge < -0.3 is 10.4 Å². The highest BCUT2D eigenvalue weighted by Gasteiger charge is 2.24. The Morgan fingerprint density at radius 2 is 2.11 bits per heavy atom. The Morgan fingerprint density at radius 1 is 1.44 bits per heavy atom. The zero-order chi connectivity index (χ0) is 13.8. The Morgan fingerprint density at radius 3 is 2.61 bits per heavy atom. The summed E-state index contributed by atoms with van der Waals surface area (Å²) in [6, 6.07) is 7.36. The van der Waals surface area contributed by atoms with Crippen molar-refractivity contribution in [1.29, 1.82) is 5.26 Å². The Hall–Kier alpha value is -1.24. The fourth-order valence-corrected chi connectivity index (χ4v) is 1.94. The van der Waals surface area contributed by atoms with E-state index in [1.165, 1.54) is 0 Å². The SMILES string of the molecule is CC(C)(C)C(CCO)Nc1cc(Cl)ccc1C#N. The van der Waals surface area contributed by atoms with Gasteiger partial charge in [-0.05, 0) is 30.0 Å². The van der Waals surface area contributed by atoms with Gasteiger partial charge >= 0.3 is 0 Å². The van der Waals surface area contributed by atoms with Gasteiger partial charge in [0.1, 0.15) is 6.07 Å². The lowest BCUT2D eigenvalue weighted by Gasteiger charge is -2.32. The normalized spacial score (nSPS) is 12.9. The van der Waals surface area contributed by atoms with Gasteiger partial charge in [0, 0.05) is 17.7 Å². The lowest BCUT2D eigenvalue weighted by Crippen LogP contribution is -2.35. The third-order valence-electron chi connectivity index (χ3n) is 2.89. The van der Waals surface area contributed by atoms with Crippen LogP contribution in [0, 0.1) is 16.7 Å². The van der Waals surface area contributed by atoms with Gasteiger partial charge in [0.25, 0.3) is 0 Å². The first kappa shape index (κ1) is 14.8. The fourth-order valence-electron chi connectivity index (χ4n) is 1.77. The lowest BCUT2D eigenvalue weighted by molar-refractivity contribution is 0.235. The van der Waals surface area contributed by atoms with Crippen LogP contribution in [0.3, 0.4) is 0 Å². The number of hydrogen-bond acceptors (Lipinski definition) is 3. The molecule has 0 saturated carbocycles. The summed E-state index contributed by atoms with van der Waals surface area (Å²) < 4.78 is 0.